The first-order chi connectivity index (χ1) is 7.30. The Morgan fingerprint density at radius 2 is 1.75 bits per heavy atom. The van der Waals surface area contributed by atoms with Crippen LogP contribution in [0.2, 0.25) is 0 Å². The molecule has 0 fully saturated rings. The highest BCUT2D eigenvalue weighted by Crippen LogP contribution is 2.22. The van der Waals surface area contributed by atoms with Crippen molar-refractivity contribution in [2.45, 2.75) is 38.5 Å². The standard InChI is InChI=1S/C10H13F3N2O/c1-6(2)9-14-4-7(5-15-9)3-8(16)10(11,12)13/h4-6,8,16H,3H2,1-2H3. The summed E-state index contributed by atoms with van der Waals surface area (Å²) in [5, 5.41) is 8.84. The second-order valence-electron chi connectivity index (χ2n) is 3.87. The molecule has 0 aromatic carbocycles. The topological polar surface area (TPSA) is 46.0 Å². The van der Waals surface area contributed by atoms with Crippen LogP contribution in [0.3, 0.4) is 0 Å². The summed E-state index contributed by atoms with van der Waals surface area (Å²) in [4.78, 5) is 7.85. The summed E-state index contributed by atoms with van der Waals surface area (Å²) >= 11 is 0. The molecule has 90 valence electrons. The first kappa shape index (κ1) is 12.9. The van der Waals surface area contributed by atoms with Crippen LogP contribution >= 0.6 is 0 Å². The molecule has 0 aliphatic carbocycles. The Morgan fingerprint density at radius 3 is 2.12 bits per heavy atom. The van der Waals surface area contributed by atoms with Crippen LogP contribution < -0.4 is 0 Å². The zero-order chi connectivity index (χ0) is 12.3. The molecule has 0 aliphatic heterocycles. The van der Waals surface area contributed by atoms with E-state index in [0.717, 1.165) is 0 Å². The number of hydrogen-bond donors (Lipinski definition) is 1. The predicted molar refractivity (Wildman–Crippen MR) is 51.9 cm³/mol. The minimum Gasteiger partial charge on any atom is -0.383 e. The summed E-state index contributed by atoms with van der Waals surface area (Å²) in [5.74, 6) is 0.701. The molecule has 0 radical (unpaired) electrons. The lowest BCUT2D eigenvalue weighted by Gasteiger charge is -2.14. The van der Waals surface area contributed by atoms with Crippen molar-refractivity contribution in [2.24, 2.45) is 0 Å². The Kier molecular flexibility index (Phi) is 3.85. The molecule has 0 saturated heterocycles. The zero-order valence-electron chi connectivity index (χ0n) is 8.99. The quantitative estimate of drug-likeness (QED) is 0.870. The molecule has 1 aromatic rings. The largest absolute Gasteiger partial charge is 0.414 e. The van der Waals surface area contributed by atoms with E-state index in [1.54, 1.807) is 0 Å². The number of aliphatic hydroxyl groups is 1. The molecule has 0 amide bonds. The van der Waals surface area contributed by atoms with E-state index in [1.807, 2.05) is 13.8 Å². The lowest BCUT2D eigenvalue weighted by atomic mass is 10.1. The zero-order valence-corrected chi connectivity index (χ0v) is 8.99. The molecule has 1 rings (SSSR count). The first-order valence-corrected chi connectivity index (χ1v) is 4.86. The van der Waals surface area contributed by atoms with Gasteiger partial charge < -0.3 is 5.11 Å². The van der Waals surface area contributed by atoms with Crippen LogP contribution in [0, 0.1) is 0 Å². The van der Waals surface area contributed by atoms with E-state index < -0.39 is 18.7 Å². The SMILES string of the molecule is CC(C)c1ncc(CC(O)C(F)(F)F)cn1. The van der Waals surface area contributed by atoms with Crippen LogP contribution in [0.25, 0.3) is 0 Å². The van der Waals surface area contributed by atoms with Crippen LogP contribution in [0.15, 0.2) is 12.4 Å². The molecule has 1 unspecified atom stereocenters. The van der Waals surface area contributed by atoms with E-state index in [-0.39, 0.29) is 11.5 Å². The highest BCUT2D eigenvalue weighted by atomic mass is 19.4. The van der Waals surface area contributed by atoms with Gasteiger partial charge in [-0.2, -0.15) is 13.2 Å². The maximum Gasteiger partial charge on any atom is 0.414 e. The summed E-state index contributed by atoms with van der Waals surface area (Å²) in [7, 11) is 0. The normalized spacial score (nSPS) is 14.2. The average Bonchev–Trinajstić information content (AvgIpc) is 2.17. The molecule has 1 heterocycles. The molecule has 3 nitrogen and oxygen atoms in total. The van der Waals surface area contributed by atoms with Gasteiger partial charge in [0.25, 0.3) is 0 Å². The average molecular weight is 234 g/mol. The van der Waals surface area contributed by atoms with Crippen molar-refractivity contribution >= 4 is 0 Å². The van der Waals surface area contributed by atoms with Gasteiger partial charge in [-0.15, -0.1) is 0 Å². The van der Waals surface area contributed by atoms with Gasteiger partial charge in [-0.25, -0.2) is 9.97 Å². The highest BCUT2D eigenvalue weighted by molar-refractivity contribution is 5.08. The van der Waals surface area contributed by atoms with Crippen molar-refractivity contribution in [2.75, 3.05) is 0 Å². The molecule has 16 heavy (non-hydrogen) atoms. The fourth-order valence-electron chi connectivity index (χ4n) is 1.11. The third-order valence-electron chi connectivity index (χ3n) is 2.05. The maximum absolute atomic E-state index is 12.1. The van der Waals surface area contributed by atoms with Crippen molar-refractivity contribution in [3.63, 3.8) is 0 Å². The molecule has 0 spiro atoms. The number of hydrogen-bond acceptors (Lipinski definition) is 3. The number of aromatic nitrogens is 2. The maximum atomic E-state index is 12.1. The van der Waals surface area contributed by atoms with Crippen LogP contribution in [-0.4, -0.2) is 27.4 Å². The van der Waals surface area contributed by atoms with Crippen molar-refractivity contribution in [3.8, 4) is 0 Å². The van der Waals surface area contributed by atoms with E-state index in [0.29, 0.717) is 5.82 Å². The van der Waals surface area contributed by atoms with Crippen LogP contribution in [0.5, 0.6) is 0 Å². The number of halogens is 3. The van der Waals surface area contributed by atoms with Gasteiger partial charge in [0.15, 0.2) is 6.10 Å². The molecule has 1 atom stereocenters. The first-order valence-electron chi connectivity index (χ1n) is 4.86. The van der Waals surface area contributed by atoms with Gasteiger partial charge >= 0.3 is 6.18 Å². The van der Waals surface area contributed by atoms with Crippen molar-refractivity contribution in [1.29, 1.82) is 0 Å². The molecular weight excluding hydrogens is 221 g/mol. The van der Waals surface area contributed by atoms with E-state index in [4.69, 9.17) is 5.11 Å². The van der Waals surface area contributed by atoms with Crippen molar-refractivity contribution in [3.05, 3.63) is 23.8 Å². The Bertz CT molecular complexity index is 335. The van der Waals surface area contributed by atoms with Gasteiger partial charge in [-0.1, -0.05) is 13.8 Å². The van der Waals surface area contributed by atoms with Gasteiger partial charge in [0.05, 0.1) is 0 Å². The summed E-state index contributed by atoms with van der Waals surface area (Å²) in [6.07, 6.45) is -4.84. The van der Waals surface area contributed by atoms with Gasteiger partial charge in [0.2, 0.25) is 0 Å². The lowest BCUT2D eigenvalue weighted by molar-refractivity contribution is -0.203. The van der Waals surface area contributed by atoms with Crippen LogP contribution in [-0.2, 0) is 6.42 Å². The van der Waals surface area contributed by atoms with Crippen molar-refractivity contribution < 1.29 is 18.3 Å². The number of alkyl halides is 3. The molecule has 1 N–H and O–H groups in total. The summed E-state index contributed by atoms with van der Waals surface area (Å²) in [5.41, 5.74) is 0.272. The minimum absolute atomic E-state index is 0.126. The Hall–Kier alpha value is -1.17. The van der Waals surface area contributed by atoms with Crippen molar-refractivity contribution in [1.82, 2.24) is 9.97 Å². The fraction of sp³-hybridized carbons (Fsp3) is 0.600. The number of nitrogens with zero attached hydrogens (tertiary/aromatic N) is 2. The van der Waals surface area contributed by atoms with Crippen LogP contribution in [0.1, 0.15) is 31.2 Å². The highest BCUT2D eigenvalue weighted by Gasteiger charge is 2.38. The molecule has 1 aromatic heterocycles. The summed E-state index contributed by atoms with van der Waals surface area (Å²) < 4.78 is 36.2. The third-order valence-corrected chi connectivity index (χ3v) is 2.05. The van der Waals surface area contributed by atoms with Gasteiger partial charge in [0.1, 0.15) is 5.82 Å². The summed E-state index contributed by atoms with van der Waals surface area (Å²) in [6, 6.07) is 0. The number of rotatable bonds is 3. The van der Waals surface area contributed by atoms with Gasteiger partial charge in [0, 0.05) is 24.7 Å². The molecule has 6 heteroatoms. The predicted octanol–water partition coefficient (Wildman–Crippen LogP) is 2.07. The van der Waals surface area contributed by atoms with Gasteiger partial charge in [-0.3, -0.25) is 0 Å². The second-order valence-corrected chi connectivity index (χ2v) is 3.87. The fourth-order valence-corrected chi connectivity index (χ4v) is 1.11. The smallest absolute Gasteiger partial charge is 0.383 e. The monoisotopic (exact) mass is 234 g/mol. The molecular formula is C10H13F3N2O. The van der Waals surface area contributed by atoms with E-state index >= 15 is 0 Å². The molecule has 0 bridgehead atoms. The Labute approximate surface area is 91.4 Å². The molecule has 0 saturated carbocycles. The van der Waals surface area contributed by atoms with Crippen LogP contribution in [0.4, 0.5) is 13.2 Å². The number of aliphatic hydroxyl groups excluding tert-OH is 1. The molecule has 0 aliphatic rings. The minimum atomic E-state index is -4.60. The Balaban J connectivity index is 2.69. The second kappa shape index (κ2) is 4.78. The van der Waals surface area contributed by atoms with Gasteiger partial charge in [-0.05, 0) is 5.56 Å². The Morgan fingerprint density at radius 1 is 1.25 bits per heavy atom. The van der Waals surface area contributed by atoms with E-state index in [1.165, 1.54) is 12.4 Å². The van der Waals surface area contributed by atoms with E-state index in [9.17, 15) is 13.2 Å². The lowest BCUT2D eigenvalue weighted by Crippen LogP contribution is -2.30. The third kappa shape index (κ3) is 3.44. The van der Waals surface area contributed by atoms with E-state index in [2.05, 4.69) is 9.97 Å². The summed E-state index contributed by atoms with van der Waals surface area (Å²) in [6.45, 7) is 3.78.